The minimum atomic E-state index is -0.445. The summed E-state index contributed by atoms with van der Waals surface area (Å²) in [6.07, 6.45) is 4.31. The van der Waals surface area contributed by atoms with Gasteiger partial charge in [-0.05, 0) is 19.3 Å². The Kier molecular flexibility index (Phi) is 2.24. The molecule has 0 radical (unpaired) electrons. The summed E-state index contributed by atoms with van der Waals surface area (Å²) in [6.45, 7) is 0.923. The molecule has 5 heteroatoms. The summed E-state index contributed by atoms with van der Waals surface area (Å²) < 4.78 is 16.3. The number of carbonyl (C=O) groups excluding carboxylic acids is 1. The molecule has 1 N–H and O–H groups in total. The van der Waals surface area contributed by atoms with E-state index in [4.69, 9.17) is 14.2 Å². The van der Waals surface area contributed by atoms with Crippen LogP contribution in [0, 0.1) is 0 Å². The van der Waals surface area contributed by atoms with Crippen molar-refractivity contribution in [2.45, 2.75) is 43.1 Å². The number of hydrogen-bond acceptors (Lipinski definition) is 5. The zero-order valence-electron chi connectivity index (χ0n) is 9.45. The number of carbonyl (C=O) groups is 1. The van der Waals surface area contributed by atoms with Crippen molar-refractivity contribution < 1.29 is 19.0 Å². The largest absolute Gasteiger partial charge is 0.468 e. The molecule has 0 amide bonds. The second-order valence-electron chi connectivity index (χ2n) is 5.03. The Hall–Kier alpha value is -0.650. The maximum absolute atomic E-state index is 11.4. The zero-order chi connectivity index (χ0) is 11.2. The lowest BCUT2D eigenvalue weighted by molar-refractivity contribution is -0.142. The highest BCUT2D eigenvalue weighted by atomic mass is 16.6. The van der Waals surface area contributed by atoms with E-state index in [1.54, 1.807) is 0 Å². The van der Waals surface area contributed by atoms with Gasteiger partial charge in [0.25, 0.3) is 0 Å². The first kappa shape index (κ1) is 10.5. The Morgan fingerprint density at radius 2 is 2.25 bits per heavy atom. The molecule has 1 aliphatic carbocycles. The van der Waals surface area contributed by atoms with Crippen molar-refractivity contribution >= 4 is 5.97 Å². The van der Waals surface area contributed by atoms with E-state index in [0.29, 0.717) is 13.2 Å². The molecule has 3 rings (SSSR count). The second kappa shape index (κ2) is 3.42. The molecule has 0 aromatic rings. The lowest BCUT2D eigenvalue weighted by atomic mass is 9.77. The predicted molar refractivity (Wildman–Crippen MR) is 54.8 cm³/mol. The minimum absolute atomic E-state index is 0.0258. The van der Waals surface area contributed by atoms with Crippen molar-refractivity contribution in [3.8, 4) is 0 Å². The third kappa shape index (κ3) is 1.46. The molecular formula is C11H17NO4. The van der Waals surface area contributed by atoms with Gasteiger partial charge in [0.2, 0.25) is 0 Å². The number of esters is 1. The zero-order valence-corrected chi connectivity index (χ0v) is 9.45. The number of hydrogen-bond donors (Lipinski definition) is 1. The Bertz CT molecular complexity index is 315. The summed E-state index contributed by atoms with van der Waals surface area (Å²) in [5, 5.41) is 3.22. The van der Waals surface area contributed by atoms with Gasteiger partial charge in [-0.1, -0.05) is 0 Å². The van der Waals surface area contributed by atoms with Gasteiger partial charge in [-0.15, -0.1) is 0 Å². The Balaban J connectivity index is 1.66. The normalized spacial score (nSPS) is 40.2. The van der Waals surface area contributed by atoms with E-state index in [1.807, 2.05) is 0 Å². The number of rotatable bonds is 1. The molecule has 0 bridgehead atoms. The van der Waals surface area contributed by atoms with Gasteiger partial charge in [-0.2, -0.15) is 0 Å². The molecule has 3 fully saturated rings. The van der Waals surface area contributed by atoms with Gasteiger partial charge in [0.1, 0.15) is 11.8 Å². The van der Waals surface area contributed by atoms with Crippen LogP contribution in [0.15, 0.2) is 0 Å². The van der Waals surface area contributed by atoms with Gasteiger partial charge in [0.05, 0.1) is 25.9 Å². The first-order valence-electron chi connectivity index (χ1n) is 5.81. The molecule has 1 saturated carbocycles. The average molecular weight is 227 g/mol. The monoisotopic (exact) mass is 227 g/mol. The maximum Gasteiger partial charge on any atom is 0.325 e. The van der Waals surface area contributed by atoms with Crippen LogP contribution in [0.25, 0.3) is 0 Å². The summed E-state index contributed by atoms with van der Waals surface area (Å²) >= 11 is 0. The maximum atomic E-state index is 11.4. The second-order valence-corrected chi connectivity index (χ2v) is 5.03. The third-order valence-electron chi connectivity index (χ3n) is 3.93. The molecule has 2 unspecified atom stereocenters. The Morgan fingerprint density at radius 1 is 1.44 bits per heavy atom. The fraction of sp³-hybridized carbons (Fsp3) is 0.909. The highest BCUT2D eigenvalue weighted by Crippen LogP contribution is 2.48. The molecule has 2 spiro atoms. The van der Waals surface area contributed by atoms with Gasteiger partial charge < -0.3 is 14.2 Å². The molecule has 0 aromatic carbocycles. The molecule has 2 aliphatic heterocycles. The molecule has 0 aromatic heterocycles. The minimum Gasteiger partial charge on any atom is -0.468 e. The topological polar surface area (TPSA) is 56.8 Å². The van der Waals surface area contributed by atoms with Crippen molar-refractivity contribution in [2.24, 2.45) is 0 Å². The van der Waals surface area contributed by atoms with Gasteiger partial charge in [-0.3, -0.25) is 10.1 Å². The quantitative estimate of drug-likeness (QED) is 0.648. The SMILES string of the molecule is COC(=O)C1COC2(COC3(CCC3)C2)N1. The molecule has 2 heterocycles. The number of methoxy groups -OCH3 is 1. The number of ether oxygens (including phenoxy) is 3. The molecule has 5 nitrogen and oxygen atoms in total. The van der Waals surface area contributed by atoms with E-state index in [1.165, 1.54) is 13.5 Å². The van der Waals surface area contributed by atoms with Crippen molar-refractivity contribution in [1.29, 1.82) is 0 Å². The summed E-state index contributed by atoms with van der Waals surface area (Å²) in [5.41, 5.74) is -0.419. The van der Waals surface area contributed by atoms with Crippen molar-refractivity contribution in [1.82, 2.24) is 5.32 Å². The first-order valence-corrected chi connectivity index (χ1v) is 5.81. The van der Waals surface area contributed by atoms with Crippen LogP contribution in [0.4, 0.5) is 0 Å². The molecule has 3 aliphatic rings. The van der Waals surface area contributed by atoms with Gasteiger partial charge in [0, 0.05) is 6.42 Å². The third-order valence-corrected chi connectivity index (χ3v) is 3.93. The summed E-state index contributed by atoms with van der Waals surface area (Å²) in [4.78, 5) is 11.4. The Morgan fingerprint density at radius 3 is 2.81 bits per heavy atom. The smallest absolute Gasteiger partial charge is 0.325 e. The average Bonchev–Trinajstić information content (AvgIpc) is 2.83. The van der Waals surface area contributed by atoms with E-state index in [9.17, 15) is 4.79 Å². The van der Waals surface area contributed by atoms with Gasteiger partial charge in [0.15, 0.2) is 0 Å². The summed E-state index contributed by atoms with van der Waals surface area (Å²) in [7, 11) is 1.40. The first-order chi connectivity index (χ1) is 7.67. The van der Waals surface area contributed by atoms with E-state index in [2.05, 4.69) is 5.32 Å². The van der Waals surface area contributed by atoms with Crippen LogP contribution in [0.3, 0.4) is 0 Å². The van der Waals surface area contributed by atoms with Crippen LogP contribution >= 0.6 is 0 Å². The van der Waals surface area contributed by atoms with Crippen LogP contribution in [-0.2, 0) is 19.0 Å². The lowest BCUT2D eigenvalue weighted by Gasteiger charge is -2.37. The highest BCUT2D eigenvalue weighted by Gasteiger charge is 2.56. The van der Waals surface area contributed by atoms with Crippen LogP contribution in [0.2, 0.25) is 0 Å². The van der Waals surface area contributed by atoms with Gasteiger partial charge in [-0.25, -0.2) is 0 Å². The van der Waals surface area contributed by atoms with E-state index < -0.39 is 5.72 Å². The van der Waals surface area contributed by atoms with E-state index in [-0.39, 0.29) is 17.6 Å². The summed E-state index contributed by atoms with van der Waals surface area (Å²) in [6, 6.07) is -0.344. The fourth-order valence-corrected chi connectivity index (χ4v) is 2.88. The van der Waals surface area contributed by atoms with E-state index >= 15 is 0 Å². The molecule has 90 valence electrons. The number of nitrogens with one attached hydrogen (secondary N) is 1. The predicted octanol–water partition coefficient (Wildman–Crippen LogP) is 0.187. The Labute approximate surface area is 94.4 Å². The molecule has 16 heavy (non-hydrogen) atoms. The standard InChI is InChI=1S/C11H17NO4/c1-14-9(13)8-5-15-11(12-8)6-10(16-7-11)3-2-4-10/h8,12H,2-7H2,1H3. The van der Waals surface area contributed by atoms with Crippen molar-refractivity contribution in [2.75, 3.05) is 20.3 Å². The van der Waals surface area contributed by atoms with Gasteiger partial charge >= 0.3 is 5.97 Å². The van der Waals surface area contributed by atoms with Crippen LogP contribution in [0.1, 0.15) is 25.7 Å². The van der Waals surface area contributed by atoms with Crippen LogP contribution < -0.4 is 5.32 Å². The van der Waals surface area contributed by atoms with Crippen LogP contribution in [-0.4, -0.2) is 43.7 Å². The summed E-state index contributed by atoms with van der Waals surface area (Å²) in [5.74, 6) is -0.258. The molecule has 2 saturated heterocycles. The molecule has 2 atom stereocenters. The van der Waals surface area contributed by atoms with Crippen molar-refractivity contribution in [3.05, 3.63) is 0 Å². The molecular weight excluding hydrogens is 210 g/mol. The lowest BCUT2D eigenvalue weighted by Crippen LogP contribution is -2.49. The van der Waals surface area contributed by atoms with E-state index in [0.717, 1.165) is 19.3 Å². The fourth-order valence-electron chi connectivity index (χ4n) is 2.88. The van der Waals surface area contributed by atoms with Crippen molar-refractivity contribution in [3.63, 3.8) is 0 Å². The van der Waals surface area contributed by atoms with Crippen LogP contribution in [0.5, 0.6) is 0 Å². The highest BCUT2D eigenvalue weighted by molar-refractivity contribution is 5.76.